The van der Waals surface area contributed by atoms with Crippen LogP contribution >= 0.6 is 12.4 Å². The average molecular weight is 295 g/mol. The molecular formula is C14H19ClN4O. The number of nitrogens with two attached hydrogens (primary N) is 1. The number of aromatic nitrogens is 2. The maximum Gasteiger partial charge on any atom is 0.275 e. The Balaban J connectivity index is 0.00000147. The zero-order valence-corrected chi connectivity index (χ0v) is 12.0. The monoisotopic (exact) mass is 294 g/mol. The lowest BCUT2D eigenvalue weighted by Crippen LogP contribution is -2.42. The Morgan fingerprint density at radius 2 is 2.25 bits per heavy atom. The van der Waals surface area contributed by atoms with Gasteiger partial charge in [-0.3, -0.25) is 9.89 Å². The van der Waals surface area contributed by atoms with Gasteiger partial charge >= 0.3 is 0 Å². The fourth-order valence-corrected chi connectivity index (χ4v) is 2.72. The second-order valence-corrected chi connectivity index (χ2v) is 5.11. The number of carbonyl (C=O) groups is 1. The maximum absolute atomic E-state index is 12.5. The van der Waals surface area contributed by atoms with Crippen molar-refractivity contribution >= 4 is 29.2 Å². The number of benzene rings is 1. The van der Waals surface area contributed by atoms with E-state index in [1.54, 1.807) is 0 Å². The van der Waals surface area contributed by atoms with Crippen molar-refractivity contribution in [3.63, 3.8) is 0 Å². The van der Waals surface area contributed by atoms with Crippen LogP contribution in [-0.4, -0.2) is 40.6 Å². The van der Waals surface area contributed by atoms with Crippen LogP contribution in [0.5, 0.6) is 0 Å². The third-order valence-electron chi connectivity index (χ3n) is 3.81. The SMILES string of the molecule is Cl.NCC1CCCN(C(=O)c2n[nH]c3ccccc23)C1. The van der Waals surface area contributed by atoms with Crippen LogP contribution in [0.3, 0.4) is 0 Å². The minimum Gasteiger partial charge on any atom is -0.337 e. The molecule has 1 amide bonds. The average Bonchev–Trinajstić information content (AvgIpc) is 2.90. The fraction of sp³-hybridized carbons (Fsp3) is 0.429. The number of amides is 1. The number of nitrogens with zero attached hydrogens (tertiary/aromatic N) is 2. The molecule has 1 saturated heterocycles. The highest BCUT2D eigenvalue weighted by atomic mass is 35.5. The van der Waals surface area contributed by atoms with E-state index in [1.165, 1.54) is 0 Å². The van der Waals surface area contributed by atoms with Crippen LogP contribution in [0, 0.1) is 5.92 Å². The Hall–Kier alpha value is -1.59. The predicted molar refractivity (Wildman–Crippen MR) is 81.0 cm³/mol. The quantitative estimate of drug-likeness (QED) is 0.887. The summed E-state index contributed by atoms with van der Waals surface area (Å²) in [5.74, 6) is 0.429. The molecule has 0 aliphatic carbocycles. The first-order chi connectivity index (χ1) is 9.29. The molecule has 0 saturated carbocycles. The zero-order chi connectivity index (χ0) is 13.2. The van der Waals surface area contributed by atoms with E-state index in [-0.39, 0.29) is 18.3 Å². The van der Waals surface area contributed by atoms with Gasteiger partial charge in [0, 0.05) is 18.5 Å². The van der Waals surface area contributed by atoms with Crippen molar-refractivity contribution in [2.75, 3.05) is 19.6 Å². The van der Waals surface area contributed by atoms with Crippen molar-refractivity contribution in [1.82, 2.24) is 15.1 Å². The summed E-state index contributed by atoms with van der Waals surface area (Å²) in [5.41, 5.74) is 7.14. The van der Waals surface area contributed by atoms with Gasteiger partial charge in [0.1, 0.15) is 0 Å². The van der Waals surface area contributed by atoms with Gasteiger partial charge in [-0.15, -0.1) is 12.4 Å². The van der Waals surface area contributed by atoms with E-state index in [1.807, 2.05) is 29.2 Å². The highest BCUT2D eigenvalue weighted by molar-refractivity contribution is 6.04. The van der Waals surface area contributed by atoms with Gasteiger partial charge in [-0.1, -0.05) is 18.2 Å². The smallest absolute Gasteiger partial charge is 0.275 e. The summed E-state index contributed by atoms with van der Waals surface area (Å²) in [6.07, 6.45) is 2.14. The topological polar surface area (TPSA) is 75.0 Å². The number of aromatic amines is 1. The molecule has 1 aromatic carbocycles. The first-order valence-corrected chi connectivity index (χ1v) is 6.72. The number of para-hydroxylation sites is 1. The van der Waals surface area contributed by atoms with Gasteiger partial charge in [0.15, 0.2) is 5.69 Å². The van der Waals surface area contributed by atoms with Crippen LogP contribution in [0.4, 0.5) is 0 Å². The molecule has 3 rings (SSSR count). The number of fused-ring (bicyclic) bond motifs is 1. The minimum atomic E-state index is 0. The molecule has 3 N–H and O–H groups in total. The number of hydrogen-bond donors (Lipinski definition) is 2. The van der Waals surface area contributed by atoms with Gasteiger partial charge < -0.3 is 10.6 Å². The van der Waals surface area contributed by atoms with E-state index in [0.717, 1.165) is 36.8 Å². The lowest BCUT2D eigenvalue weighted by molar-refractivity contribution is 0.0674. The number of carbonyl (C=O) groups excluding carboxylic acids is 1. The van der Waals surface area contributed by atoms with Crippen molar-refractivity contribution < 1.29 is 4.79 Å². The number of hydrogen-bond acceptors (Lipinski definition) is 3. The standard InChI is InChI=1S/C14H18N4O.ClH/c15-8-10-4-3-7-18(9-10)14(19)13-11-5-1-2-6-12(11)16-17-13;/h1-2,5-6,10H,3-4,7-9,15H2,(H,16,17);1H. The van der Waals surface area contributed by atoms with E-state index in [4.69, 9.17) is 5.73 Å². The van der Waals surface area contributed by atoms with Gasteiger partial charge in [-0.05, 0) is 31.4 Å². The summed E-state index contributed by atoms with van der Waals surface area (Å²) in [6.45, 7) is 2.19. The van der Waals surface area contributed by atoms with Gasteiger partial charge in [-0.25, -0.2) is 0 Å². The molecule has 1 atom stereocenters. The number of halogens is 1. The molecule has 1 unspecified atom stereocenters. The summed E-state index contributed by atoms with van der Waals surface area (Å²) in [7, 11) is 0. The summed E-state index contributed by atoms with van der Waals surface area (Å²) >= 11 is 0. The van der Waals surface area contributed by atoms with Crippen LogP contribution in [0.2, 0.25) is 0 Å². The number of H-pyrrole nitrogens is 1. The molecule has 20 heavy (non-hydrogen) atoms. The highest BCUT2D eigenvalue weighted by Gasteiger charge is 2.26. The molecule has 0 spiro atoms. The lowest BCUT2D eigenvalue weighted by atomic mass is 9.98. The molecule has 0 radical (unpaired) electrons. The van der Waals surface area contributed by atoms with Crippen molar-refractivity contribution in [1.29, 1.82) is 0 Å². The number of likely N-dealkylation sites (tertiary alicyclic amines) is 1. The summed E-state index contributed by atoms with van der Waals surface area (Å²) in [4.78, 5) is 14.4. The van der Waals surface area contributed by atoms with Crippen LogP contribution in [-0.2, 0) is 0 Å². The molecule has 2 aromatic rings. The Labute approximate surface area is 123 Å². The Kier molecular flexibility index (Phi) is 4.62. The third kappa shape index (κ3) is 2.64. The molecule has 6 heteroatoms. The summed E-state index contributed by atoms with van der Waals surface area (Å²) < 4.78 is 0. The second kappa shape index (κ2) is 6.24. The molecule has 108 valence electrons. The van der Waals surface area contributed by atoms with E-state index >= 15 is 0 Å². The van der Waals surface area contributed by atoms with Crippen LogP contribution in [0.25, 0.3) is 10.9 Å². The largest absolute Gasteiger partial charge is 0.337 e. The number of rotatable bonds is 2. The molecule has 1 fully saturated rings. The van der Waals surface area contributed by atoms with Crippen LogP contribution in [0.15, 0.2) is 24.3 Å². The second-order valence-electron chi connectivity index (χ2n) is 5.11. The predicted octanol–water partition coefficient (Wildman–Crippen LogP) is 1.80. The molecule has 1 aromatic heterocycles. The number of nitrogens with one attached hydrogen (secondary N) is 1. The fourth-order valence-electron chi connectivity index (χ4n) is 2.72. The molecule has 1 aliphatic rings. The third-order valence-corrected chi connectivity index (χ3v) is 3.81. The van der Waals surface area contributed by atoms with E-state index in [2.05, 4.69) is 10.2 Å². The van der Waals surface area contributed by atoms with Gasteiger partial charge in [0.05, 0.1) is 5.52 Å². The first kappa shape index (κ1) is 14.8. The van der Waals surface area contributed by atoms with Crippen molar-refractivity contribution in [2.45, 2.75) is 12.8 Å². The molecular weight excluding hydrogens is 276 g/mol. The number of piperidine rings is 1. The normalized spacial score (nSPS) is 18.9. The zero-order valence-electron chi connectivity index (χ0n) is 11.2. The van der Waals surface area contributed by atoms with Gasteiger partial charge in [0.2, 0.25) is 0 Å². The Bertz CT molecular complexity index is 598. The lowest BCUT2D eigenvalue weighted by Gasteiger charge is -2.31. The first-order valence-electron chi connectivity index (χ1n) is 6.72. The van der Waals surface area contributed by atoms with E-state index in [0.29, 0.717) is 18.2 Å². The van der Waals surface area contributed by atoms with E-state index < -0.39 is 0 Å². The Morgan fingerprint density at radius 1 is 1.45 bits per heavy atom. The summed E-state index contributed by atoms with van der Waals surface area (Å²) in [6, 6.07) is 7.71. The van der Waals surface area contributed by atoms with Gasteiger partial charge in [0.25, 0.3) is 5.91 Å². The van der Waals surface area contributed by atoms with E-state index in [9.17, 15) is 4.79 Å². The van der Waals surface area contributed by atoms with Crippen molar-refractivity contribution in [2.24, 2.45) is 11.7 Å². The van der Waals surface area contributed by atoms with Crippen LogP contribution < -0.4 is 5.73 Å². The van der Waals surface area contributed by atoms with Crippen molar-refractivity contribution in [3.8, 4) is 0 Å². The molecule has 2 heterocycles. The van der Waals surface area contributed by atoms with Crippen LogP contribution in [0.1, 0.15) is 23.3 Å². The Morgan fingerprint density at radius 3 is 3.05 bits per heavy atom. The van der Waals surface area contributed by atoms with Crippen molar-refractivity contribution in [3.05, 3.63) is 30.0 Å². The minimum absolute atomic E-state index is 0. The molecule has 1 aliphatic heterocycles. The maximum atomic E-state index is 12.5. The molecule has 5 nitrogen and oxygen atoms in total. The highest BCUT2D eigenvalue weighted by Crippen LogP contribution is 2.21. The summed E-state index contributed by atoms with van der Waals surface area (Å²) in [5, 5.41) is 7.98. The van der Waals surface area contributed by atoms with Gasteiger partial charge in [-0.2, -0.15) is 5.10 Å². The molecule has 0 bridgehead atoms.